The van der Waals surface area contributed by atoms with Gasteiger partial charge >= 0.3 is 6.03 Å². The van der Waals surface area contributed by atoms with Crippen molar-refractivity contribution in [2.75, 3.05) is 24.7 Å². The summed E-state index contributed by atoms with van der Waals surface area (Å²) in [5.74, 6) is -0.625. The van der Waals surface area contributed by atoms with E-state index in [1.807, 2.05) is 0 Å². The van der Waals surface area contributed by atoms with E-state index in [0.29, 0.717) is 19.4 Å². The fourth-order valence-electron chi connectivity index (χ4n) is 2.29. The Labute approximate surface area is 133 Å². The summed E-state index contributed by atoms with van der Waals surface area (Å²) in [6.07, 6.45) is 2.51. The van der Waals surface area contributed by atoms with Crippen LogP contribution in [0.2, 0.25) is 5.02 Å². The topological polar surface area (TPSA) is 78.5 Å². The largest absolute Gasteiger partial charge is 0.334 e. The Kier molecular flexibility index (Phi) is 5.25. The lowest BCUT2D eigenvalue weighted by Crippen LogP contribution is -2.50. The van der Waals surface area contributed by atoms with Crippen LogP contribution in [0.3, 0.4) is 0 Å². The highest BCUT2D eigenvalue weighted by atomic mass is 35.5. The summed E-state index contributed by atoms with van der Waals surface area (Å²) < 4.78 is 37.7. The first-order chi connectivity index (χ1) is 10.3. The van der Waals surface area contributed by atoms with Gasteiger partial charge in [0.15, 0.2) is 0 Å². The van der Waals surface area contributed by atoms with Crippen LogP contribution in [0.25, 0.3) is 0 Å². The molecule has 6 nitrogen and oxygen atoms in total. The lowest BCUT2D eigenvalue weighted by Gasteiger charge is -2.31. The molecule has 122 valence electrons. The Hall–Kier alpha value is -1.38. The van der Waals surface area contributed by atoms with Crippen molar-refractivity contribution in [1.82, 2.24) is 9.62 Å². The number of hydrogen-bond acceptors (Lipinski definition) is 3. The average molecular weight is 350 g/mol. The molecule has 0 aliphatic carbocycles. The monoisotopic (exact) mass is 349 g/mol. The normalized spacial score (nSPS) is 19.7. The number of carbonyl (C=O) groups is 1. The Bertz CT molecular complexity index is 668. The fraction of sp³-hybridized carbons (Fsp3) is 0.462. The molecule has 1 aliphatic heterocycles. The zero-order chi connectivity index (χ0) is 16.3. The third-order valence-electron chi connectivity index (χ3n) is 3.37. The molecular formula is C13H17ClFN3O3S. The van der Waals surface area contributed by atoms with Gasteiger partial charge < -0.3 is 10.6 Å². The summed E-state index contributed by atoms with van der Waals surface area (Å²) in [6, 6.07) is 3.15. The number of hydrogen-bond donors (Lipinski definition) is 2. The number of benzene rings is 1. The van der Waals surface area contributed by atoms with Crippen molar-refractivity contribution >= 4 is 33.3 Å². The van der Waals surface area contributed by atoms with Crippen LogP contribution in [0.4, 0.5) is 14.9 Å². The van der Waals surface area contributed by atoms with E-state index in [2.05, 4.69) is 10.6 Å². The zero-order valence-corrected chi connectivity index (χ0v) is 13.5. The molecule has 1 aliphatic rings. The van der Waals surface area contributed by atoms with Crippen molar-refractivity contribution < 1.29 is 17.6 Å². The molecule has 1 aromatic carbocycles. The molecule has 1 heterocycles. The van der Waals surface area contributed by atoms with E-state index < -0.39 is 21.9 Å². The number of amides is 2. The smallest absolute Gasteiger partial charge is 0.319 e. The summed E-state index contributed by atoms with van der Waals surface area (Å²) in [6.45, 7) is 0.697. The maximum atomic E-state index is 13.3. The first-order valence-electron chi connectivity index (χ1n) is 6.73. The maximum Gasteiger partial charge on any atom is 0.319 e. The number of halogens is 2. The summed E-state index contributed by atoms with van der Waals surface area (Å²) in [5.41, 5.74) is 0.273. The number of anilines is 1. The summed E-state index contributed by atoms with van der Waals surface area (Å²) in [7, 11) is -3.27. The van der Waals surface area contributed by atoms with E-state index in [4.69, 9.17) is 11.6 Å². The second-order valence-electron chi connectivity index (χ2n) is 5.19. The molecule has 0 radical (unpaired) electrons. The fourth-order valence-corrected chi connectivity index (χ4v) is 3.32. The van der Waals surface area contributed by atoms with Gasteiger partial charge in [0.25, 0.3) is 0 Å². The first kappa shape index (κ1) is 17.0. The molecule has 9 heteroatoms. The highest BCUT2D eigenvalue weighted by Gasteiger charge is 2.26. The number of sulfonamides is 1. The van der Waals surface area contributed by atoms with Gasteiger partial charge in [-0.2, -0.15) is 0 Å². The number of rotatable bonds is 3. The molecule has 0 aromatic heterocycles. The standard InChI is InChI=1S/C13H17ClFN3O3S/c1-22(20,21)18-6-2-3-10(8-18)17-13(19)16-9-4-5-11(14)12(15)7-9/h4-5,7,10H,2-3,6,8H2,1H3,(H2,16,17,19)/t10-/m0/s1. The molecule has 2 amide bonds. The van der Waals surface area contributed by atoms with Gasteiger partial charge in [0.05, 0.1) is 11.3 Å². The van der Waals surface area contributed by atoms with E-state index in [1.165, 1.54) is 16.4 Å². The van der Waals surface area contributed by atoms with Crippen molar-refractivity contribution in [3.8, 4) is 0 Å². The van der Waals surface area contributed by atoms with E-state index in [-0.39, 0.29) is 23.3 Å². The third kappa shape index (κ3) is 4.56. The van der Waals surface area contributed by atoms with Crippen LogP contribution in [-0.4, -0.2) is 44.1 Å². The second-order valence-corrected chi connectivity index (χ2v) is 7.58. The predicted octanol–water partition coefficient (Wildman–Crippen LogP) is 2.02. The van der Waals surface area contributed by atoms with Crippen LogP contribution in [0.5, 0.6) is 0 Å². The molecule has 0 unspecified atom stereocenters. The highest BCUT2D eigenvalue weighted by Crippen LogP contribution is 2.19. The van der Waals surface area contributed by atoms with E-state index >= 15 is 0 Å². The number of carbonyl (C=O) groups excluding carboxylic acids is 1. The molecule has 0 saturated carbocycles. The Morgan fingerprint density at radius 1 is 1.45 bits per heavy atom. The molecule has 0 bridgehead atoms. The average Bonchev–Trinajstić information content (AvgIpc) is 2.42. The van der Waals surface area contributed by atoms with Crippen LogP contribution < -0.4 is 10.6 Å². The number of piperidine rings is 1. The van der Waals surface area contributed by atoms with Gasteiger partial charge in [-0.3, -0.25) is 0 Å². The van der Waals surface area contributed by atoms with Gasteiger partial charge in [-0.15, -0.1) is 0 Å². The third-order valence-corrected chi connectivity index (χ3v) is 4.94. The van der Waals surface area contributed by atoms with Gasteiger partial charge in [0.2, 0.25) is 10.0 Å². The van der Waals surface area contributed by atoms with Crippen LogP contribution in [0.1, 0.15) is 12.8 Å². The van der Waals surface area contributed by atoms with Gasteiger partial charge in [-0.05, 0) is 31.0 Å². The van der Waals surface area contributed by atoms with Gasteiger partial charge in [0, 0.05) is 24.8 Å². The van der Waals surface area contributed by atoms with Crippen LogP contribution in [-0.2, 0) is 10.0 Å². The summed E-state index contributed by atoms with van der Waals surface area (Å²) in [4.78, 5) is 11.9. The van der Waals surface area contributed by atoms with Crippen molar-refractivity contribution in [2.45, 2.75) is 18.9 Å². The first-order valence-corrected chi connectivity index (χ1v) is 8.96. The van der Waals surface area contributed by atoms with E-state index in [1.54, 1.807) is 0 Å². The number of urea groups is 1. The molecule has 1 fully saturated rings. The molecule has 1 atom stereocenters. The van der Waals surface area contributed by atoms with Crippen molar-refractivity contribution in [3.05, 3.63) is 29.0 Å². The number of nitrogens with zero attached hydrogens (tertiary/aromatic N) is 1. The number of nitrogens with one attached hydrogen (secondary N) is 2. The van der Waals surface area contributed by atoms with E-state index in [9.17, 15) is 17.6 Å². The summed E-state index contributed by atoms with van der Waals surface area (Å²) in [5, 5.41) is 5.16. The minimum atomic E-state index is -3.27. The molecular weight excluding hydrogens is 333 g/mol. The van der Waals surface area contributed by atoms with Crippen LogP contribution in [0, 0.1) is 5.82 Å². The van der Waals surface area contributed by atoms with E-state index in [0.717, 1.165) is 12.3 Å². The lowest BCUT2D eigenvalue weighted by atomic mass is 10.1. The molecule has 0 spiro atoms. The maximum absolute atomic E-state index is 13.3. The summed E-state index contributed by atoms with van der Waals surface area (Å²) >= 11 is 5.57. The molecule has 1 aromatic rings. The predicted molar refractivity (Wildman–Crippen MR) is 83.0 cm³/mol. The minimum Gasteiger partial charge on any atom is -0.334 e. The minimum absolute atomic E-state index is 0.0259. The van der Waals surface area contributed by atoms with Crippen LogP contribution in [0.15, 0.2) is 18.2 Å². The van der Waals surface area contributed by atoms with Gasteiger partial charge in [-0.1, -0.05) is 11.6 Å². The van der Waals surface area contributed by atoms with Crippen LogP contribution >= 0.6 is 11.6 Å². The molecule has 2 rings (SSSR count). The lowest BCUT2D eigenvalue weighted by molar-refractivity contribution is 0.236. The van der Waals surface area contributed by atoms with Crippen molar-refractivity contribution in [2.24, 2.45) is 0 Å². The van der Waals surface area contributed by atoms with Gasteiger partial charge in [0.1, 0.15) is 5.82 Å². The second kappa shape index (κ2) is 6.80. The SMILES string of the molecule is CS(=O)(=O)N1CCC[C@H](NC(=O)Nc2ccc(Cl)c(F)c2)C1. The van der Waals surface area contributed by atoms with Crippen molar-refractivity contribution in [1.29, 1.82) is 0 Å². The Balaban J connectivity index is 1.92. The highest BCUT2D eigenvalue weighted by molar-refractivity contribution is 7.88. The Morgan fingerprint density at radius 2 is 2.18 bits per heavy atom. The van der Waals surface area contributed by atoms with Crippen molar-refractivity contribution in [3.63, 3.8) is 0 Å². The van der Waals surface area contributed by atoms with Gasteiger partial charge in [-0.25, -0.2) is 21.9 Å². The molecule has 2 N–H and O–H groups in total. The zero-order valence-electron chi connectivity index (χ0n) is 12.0. The quantitative estimate of drug-likeness (QED) is 0.876. The molecule has 22 heavy (non-hydrogen) atoms. The Morgan fingerprint density at radius 3 is 2.82 bits per heavy atom. The molecule has 1 saturated heterocycles.